The molecule has 3 heterocycles. The fraction of sp³-hybridized carbons (Fsp3) is 0.600. The lowest BCUT2D eigenvalue weighted by Crippen LogP contribution is -2.48. The maximum absolute atomic E-state index is 4.78. The monoisotopic (exact) mass is 405 g/mol. The first-order valence-corrected chi connectivity index (χ1v) is 11.7. The van der Waals surface area contributed by atoms with Crippen LogP contribution in [0.4, 0.5) is 5.00 Å². The minimum atomic E-state index is 0.511. The summed E-state index contributed by atoms with van der Waals surface area (Å²) < 4.78 is 0. The molecule has 0 aromatic carbocycles. The highest BCUT2D eigenvalue weighted by molar-refractivity contribution is 7.14. The van der Waals surface area contributed by atoms with Gasteiger partial charge in [-0.1, -0.05) is 0 Å². The molecule has 0 unspecified atom stereocenters. The lowest BCUT2D eigenvalue weighted by Gasteiger charge is -2.33. The molecule has 2 aromatic heterocycles. The van der Waals surface area contributed by atoms with Gasteiger partial charge in [0.2, 0.25) is 0 Å². The molecule has 0 radical (unpaired) electrons. The van der Waals surface area contributed by atoms with Crippen LogP contribution >= 0.6 is 22.7 Å². The zero-order valence-corrected chi connectivity index (χ0v) is 18.0. The van der Waals surface area contributed by atoms with Crippen molar-refractivity contribution >= 4 is 33.6 Å². The highest BCUT2D eigenvalue weighted by Crippen LogP contribution is 2.24. The van der Waals surface area contributed by atoms with Crippen molar-refractivity contribution in [2.45, 2.75) is 52.0 Å². The Morgan fingerprint density at radius 2 is 2.15 bits per heavy atom. The van der Waals surface area contributed by atoms with E-state index >= 15 is 0 Å². The normalized spacial score (nSPS) is 15.9. The van der Waals surface area contributed by atoms with E-state index in [9.17, 15) is 0 Å². The van der Waals surface area contributed by atoms with Crippen molar-refractivity contribution in [2.24, 2.45) is 4.99 Å². The number of anilines is 1. The maximum atomic E-state index is 4.78. The Labute approximate surface area is 170 Å². The van der Waals surface area contributed by atoms with Gasteiger partial charge < -0.3 is 15.5 Å². The molecule has 5 nitrogen and oxygen atoms in total. The van der Waals surface area contributed by atoms with Crippen LogP contribution in [0.15, 0.2) is 27.9 Å². The number of hydrogen-bond donors (Lipinski definition) is 2. The quantitative estimate of drug-likeness (QED) is 0.395. The van der Waals surface area contributed by atoms with E-state index in [1.165, 1.54) is 10.0 Å². The number of thiophene rings is 1. The van der Waals surface area contributed by atoms with Crippen molar-refractivity contribution in [3.05, 3.63) is 33.6 Å². The van der Waals surface area contributed by atoms with Crippen LogP contribution in [-0.4, -0.2) is 43.2 Å². The third-order valence-electron chi connectivity index (χ3n) is 4.73. The van der Waals surface area contributed by atoms with Gasteiger partial charge in [-0.05, 0) is 63.5 Å². The van der Waals surface area contributed by atoms with E-state index < -0.39 is 0 Å². The fourth-order valence-electron chi connectivity index (χ4n) is 3.30. The molecule has 7 heteroatoms. The first-order valence-electron chi connectivity index (χ1n) is 9.99. The first kappa shape index (κ1) is 20.1. The number of nitrogens with zero attached hydrogens (tertiary/aromatic N) is 3. The standard InChI is InChI=1S/C20H31N5S2/c1-3-21-20(22-11-5-4-7-18-23-16(2)15-27-18)24-17-9-12-25(13-10-17)19-8-6-14-26-19/h6,8,14-15,17H,3-5,7,9-13H2,1-2H3,(H2,21,22,24). The summed E-state index contributed by atoms with van der Waals surface area (Å²) >= 11 is 3.60. The molecule has 0 bridgehead atoms. The Balaban J connectivity index is 1.38. The molecule has 0 amide bonds. The Kier molecular flexibility index (Phi) is 7.95. The summed E-state index contributed by atoms with van der Waals surface area (Å²) in [4.78, 5) is 11.8. The molecule has 2 aromatic rings. The first-order chi connectivity index (χ1) is 13.2. The van der Waals surface area contributed by atoms with Gasteiger partial charge in [-0.15, -0.1) is 22.7 Å². The number of guanidine groups is 1. The number of aryl methyl sites for hydroxylation is 2. The van der Waals surface area contributed by atoms with Crippen molar-refractivity contribution in [2.75, 3.05) is 31.1 Å². The highest BCUT2D eigenvalue weighted by Gasteiger charge is 2.20. The molecule has 1 fully saturated rings. The number of nitrogens with one attached hydrogen (secondary N) is 2. The number of aromatic nitrogens is 1. The third kappa shape index (κ3) is 6.50. The molecule has 3 rings (SSSR count). The number of rotatable bonds is 8. The lowest BCUT2D eigenvalue weighted by atomic mass is 10.1. The van der Waals surface area contributed by atoms with E-state index in [-0.39, 0.29) is 0 Å². The van der Waals surface area contributed by atoms with Crippen molar-refractivity contribution < 1.29 is 0 Å². The zero-order valence-electron chi connectivity index (χ0n) is 16.4. The molecule has 1 saturated heterocycles. The van der Waals surface area contributed by atoms with E-state index in [2.05, 4.69) is 57.3 Å². The second kappa shape index (κ2) is 10.7. The number of thiazole rings is 1. The van der Waals surface area contributed by atoms with Crippen LogP contribution in [0.2, 0.25) is 0 Å². The highest BCUT2D eigenvalue weighted by atomic mass is 32.1. The topological polar surface area (TPSA) is 52.6 Å². The average Bonchev–Trinajstić information content (AvgIpc) is 3.34. The summed E-state index contributed by atoms with van der Waals surface area (Å²) in [7, 11) is 0. The van der Waals surface area contributed by atoms with Crippen LogP contribution in [0.3, 0.4) is 0 Å². The van der Waals surface area contributed by atoms with E-state index in [0.717, 1.165) is 69.9 Å². The molecular weight excluding hydrogens is 374 g/mol. The zero-order chi connectivity index (χ0) is 18.9. The smallest absolute Gasteiger partial charge is 0.191 e. The van der Waals surface area contributed by atoms with Crippen LogP contribution in [0.5, 0.6) is 0 Å². The van der Waals surface area contributed by atoms with Crippen molar-refractivity contribution in [3.8, 4) is 0 Å². The molecule has 1 aliphatic heterocycles. The van der Waals surface area contributed by atoms with Gasteiger partial charge in [0.1, 0.15) is 0 Å². The number of aliphatic imine (C=N–C) groups is 1. The van der Waals surface area contributed by atoms with Gasteiger partial charge in [0, 0.05) is 43.3 Å². The van der Waals surface area contributed by atoms with Gasteiger partial charge >= 0.3 is 0 Å². The molecule has 27 heavy (non-hydrogen) atoms. The summed E-state index contributed by atoms with van der Waals surface area (Å²) in [6, 6.07) is 4.87. The predicted molar refractivity (Wildman–Crippen MR) is 118 cm³/mol. The average molecular weight is 406 g/mol. The number of piperidine rings is 1. The Hall–Kier alpha value is -1.60. The molecule has 0 saturated carbocycles. The Morgan fingerprint density at radius 1 is 1.30 bits per heavy atom. The van der Waals surface area contributed by atoms with Gasteiger partial charge in [0.15, 0.2) is 5.96 Å². The van der Waals surface area contributed by atoms with Gasteiger partial charge in [0.05, 0.1) is 10.0 Å². The molecule has 1 aliphatic rings. The second-order valence-electron chi connectivity index (χ2n) is 6.96. The van der Waals surface area contributed by atoms with Crippen molar-refractivity contribution in [1.82, 2.24) is 15.6 Å². The molecule has 0 aliphatic carbocycles. The van der Waals surface area contributed by atoms with Gasteiger partial charge in [-0.3, -0.25) is 4.99 Å². The van der Waals surface area contributed by atoms with Crippen LogP contribution < -0.4 is 15.5 Å². The van der Waals surface area contributed by atoms with Crippen LogP contribution in [0.1, 0.15) is 43.3 Å². The molecule has 0 atom stereocenters. The van der Waals surface area contributed by atoms with E-state index in [0.29, 0.717) is 6.04 Å². The van der Waals surface area contributed by atoms with E-state index in [4.69, 9.17) is 4.99 Å². The van der Waals surface area contributed by atoms with Gasteiger partial charge in [-0.25, -0.2) is 4.98 Å². The van der Waals surface area contributed by atoms with E-state index in [1.54, 1.807) is 11.3 Å². The summed E-state index contributed by atoms with van der Waals surface area (Å²) in [5, 5.41) is 14.0. The second-order valence-corrected chi connectivity index (χ2v) is 8.83. The molecule has 0 spiro atoms. The maximum Gasteiger partial charge on any atom is 0.191 e. The van der Waals surface area contributed by atoms with Crippen molar-refractivity contribution in [3.63, 3.8) is 0 Å². The third-order valence-corrected chi connectivity index (χ3v) is 6.69. The number of unbranched alkanes of at least 4 members (excludes halogenated alkanes) is 1. The Morgan fingerprint density at radius 3 is 2.81 bits per heavy atom. The minimum Gasteiger partial charge on any atom is -0.363 e. The van der Waals surface area contributed by atoms with Gasteiger partial charge in [0.25, 0.3) is 0 Å². The Bertz CT molecular complexity index is 687. The number of hydrogen-bond acceptors (Lipinski definition) is 5. The summed E-state index contributed by atoms with van der Waals surface area (Å²) in [5.41, 5.74) is 1.14. The largest absolute Gasteiger partial charge is 0.363 e. The van der Waals surface area contributed by atoms with Crippen LogP contribution in [0, 0.1) is 6.92 Å². The minimum absolute atomic E-state index is 0.511. The van der Waals surface area contributed by atoms with Crippen LogP contribution in [-0.2, 0) is 6.42 Å². The molecule has 148 valence electrons. The SMILES string of the molecule is CCNC(=NCCCCc1nc(C)cs1)NC1CCN(c2cccs2)CC1. The predicted octanol–water partition coefficient (Wildman–Crippen LogP) is 4.06. The summed E-state index contributed by atoms with van der Waals surface area (Å²) in [6.07, 6.45) is 5.64. The van der Waals surface area contributed by atoms with Crippen LogP contribution in [0.25, 0.3) is 0 Å². The lowest BCUT2D eigenvalue weighted by molar-refractivity contribution is 0.462. The summed E-state index contributed by atoms with van der Waals surface area (Å²) in [6.45, 7) is 8.19. The van der Waals surface area contributed by atoms with Gasteiger partial charge in [-0.2, -0.15) is 0 Å². The summed E-state index contributed by atoms with van der Waals surface area (Å²) in [5.74, 6) is 0.970. The molecule has 2 N–H and O–H groups in total. The fourth-order valence-corrected chi connectivity index (χ4v) is 4.91. The van der Waals surface area contributed by atoms with E-state index in [1.807, 2.05) is 11.3 Å². The molecular formula is C20H31N5S2. The van der Waals surface area contributed by atoms with Crippen molar-refractivity contribution in [1.29, 1.82) is 0 Å².